The van der Waals surface area contributed by atoms with Crippen LogP contribution in [-0.2, 0) is 4.79 Å². The van der Waals surface area contributed by atoms with Gasteiger partial charge in [-0.15, -0.1) is 0 Å². The third kappa shape index (κ3) is 3.19. The van der Waals surface area contributed by atoms with E-state index in [0.29, 0.717) is 12.5 Å². The highest BCUT2D eigenvalue weighted by atomic mass is 16.2. The smallest absolute Gasteiger partial charge is 0.235 e. The minimum Gasteiger partial charge on any atom is -0.313 e. The topological polar surface area (TPSA) is 67.1 Å². The zero-order chi connectivity index (χ0) is 8.81. The Morgan fingerprint density at radius 2 is 2.08 bits per heavy atom. The summed E-state index contributed by atoms with van der Waals surface area (Å²) in [6.07, 6.45) is 5.63. The summed E-state index contributed by atoms with van der Waals surface area (Å²) in [5, 5.41) is 3.33. The van der Waals surface area contributed by atoms with Crippen molar-refractivity contribution in [1.29, 1.82) is 0 Å². The average Bonchev–Trinajstić information content (AvgIpc) is 2.57. The lowest BCUT2D eigenvalue weighted by Crippen LogP contribution is -2.34. The molecule has 70 valence electrons. The van der Waals surface area contributed by atoms with E-state index in [2.05, 4.69) is 10.7 Å². The molecule has 0 aliphatic heterocycles. The number of nitrogens with two attached hydrogens (primary N) is 1. The maximum atomic E-state index is 10.7. The van der Waals surface area contributed by atoms with Crippen LogP contribution in [0.15, 0.2) is 0 Å². The van der Waals surface area contributed by atoms with E-state index in [-0.39, 0.29) is 5.91 Å². The molecule has 1 fully saturated rings. The van der Waals surface area contributed by atoms with Crippen LogP contribution in [0.5, 0.6) is 0 Å². The molecule has 1 amide bonds. The van der Waals surface area contributed by atoms with Crippen LogP contribution in [-0.4, -0.2) is 18.5 Å². The summed E-state index contributed by atoms with van der Waals surface area (Å²) in [6, 6.07) is 0.635. The fraction of sp³-hybridized carbons (Fsp3) is 0.875. The number of carbonyl (C=O) groups excluding carboxylic acids is 1. The maximum absolute atomic E-state index is 10.7. The number of hydrogen-bond donors (Lipinski definition) is 3. The molecule has 4 nitrogen and oxygen atoms in total. The summed E-state index contributed by atoms with van der Waals surface area (Å²) >= 11 is 0. The van der Waals surface area contributed by atoms with Crippen LogP contribution in [0.3, 0.4) is 0 Å². The Bertz CT molecular complexity index is 143. The molecule has 1 saturated carbocycles. The van der Waals surface area contributed by atoms with Gasteiger partial charge in [-0.25, -0.2) is 5.84 Å². The Hall–Kier alpha value is -0.610. The molecule has 0 aromatic heterocycles. The number of amides is 1. The van der Waals surface area contributed by atoms with Gasteiger partial charge in [0.25, 0.3) is 0 Å². The van der Waals surface area contributed by atoms with Crippen molar-refractivity contribution in [2.24, 2.45) is 5.84 Å². The molecule has 0 saturated heterocycles. The molecule has 0 aromatic carbocycles. The second kappa shape index (κ2) is 5.11. The fourth-order valence-corrected chi connectivity index (χ4v) is 1.59. The molecule has 12 heavy (non-hydrogen) atoms. The first-order valence-corrected chi connectivity index (χ1v) is 4.56. The second-order valence-electron chi connectivity index (χ2n) is 3.25. The van der Waals surface area contributed by atoms with Gasteiger partial charge in [0, 0.05) is 19.0 Å². The normalized spacial score (nSPS) is 18.1. The van der Waals surface area contributed by atoms with Crippen LogP contribution in [0.25, 0.3) is 0 Å². The van der Waals surface area contributed by atoms with Crippen molar-refractivity contribution in [1.82, 2.24) is 10.7 Å². The molecule has 1 aliphatic rings. The summed E-state index contributed by atoms with van der Waals surface area (Å²) < 4.78 is 0. The van der Waals surface area contributed by atoms with E-state index in [1.54, 1.807) is 0 Å². The quantitative estimate of drug-likeness (QED) is 0.314. The summed E-state index contributed by atoms with van der Waals surface area (Å²) in [5.41, 5.74) is 2.11. The third-order valence-corrected chi connectivity index (χ3v) is 2.30. The van der Waals surface area contributed by atoms with Gasteiger partial charge < -0.3 is 5.32 Å². The minimum atomic E-state index is -0.0968. The first kappa shape index (κ1) is 9.48. The van der Waals surface area contributed by atoms with Gasteiger partial charge in [0.1, 0.15) is 0 Å². The van der Waals surface area contributed by atoms with E-state index in [4.69, 9.17) is 5.84 Å². The summed E-state index contributed by atoms with van der Waals surface area (Å²) in [4.78, 5) is 10.7. The van der Waals surface area contributed by atoms with Gasteiger partial charge >= 0.3 is 0 Å². The summed E-state index contributed by atoms with van der Waals surface area (Å²) in [7, 11) is 0. The predicted octanol–water partition coefficient (Wildman–Crippen LogP) is -0.101. The second-order valence-corrected chi connectivity index (χ2v) is 3.25. The van der Waals surface area contributed by atoms with Crippen molar-refractivity contribution in [3.8, 4) is 0 Å². The zero-order valence-electron chi connectivity index (χ0n) is 7.31. The molecule has 0 radical (unpaired) electrons. The standard InChI is InChI=1S/C8H17N3O/c9-11-8(12)5-6-10-7-3-1-2-4-7/h7,10H,1-6,9H2,(H,11,12). The minimum absolute atomic E-state index is 0.0968. The molecule has 4 N–H and O–H groups in total. The highest BCUT2D eigenvalue weighted by molar-refractivity contribution is 5.75. The number of carbonyl (C=O) groups is 1. The van der Waals surface area contributed by atoms with E-state index >= 15 is 0 Å². The molecular weight excluding hydrogens is 154 g/mol. The molecular formula is C8H17N3O. The molecule has 0 unspecified atom stereocenters. The van der Waals surface area contributed by atoms with Crippen molar-refractivity contribution in [2.45, 2.75) is 38.1 Å². The van der Waals surface area contributed by atoms with E-state index in [1.165, 1.54) is 25.7 Å². The lowest BCUT2D eigenvalue weighted by molar-refractivity contribution is -0.121. The lowest BCUT2D eigenvalue weighted by atomic mass is 10.2. The van der Waals surface area contributed by atoms with Crippen molar-refractivity contribution in [3.63, 3.8) is 0 Å². The van der Waals surface area contributed by atoms with Gasteiger partial charge in [-0.3, -0.25) is 10.2 Å². The van der Waals surface area contributed by atoms with Gasteiger partial charge in [-0.2, -0.15) is 0 Å². The van der Waals surface area contributed by atoms with Crippen molar-refractivity contribution in [2.75, 3.05) is 6.54 Å². The molecule has 0 atom stereocenters. The first-order valence-electron chi connectivity index (χ1n) is 4.56. The van der Waals surface area contributed by atoms with Gasteiger partial charge in [-0.1, -0.05) is 12.8 Å². The van der Waals surface area contributed by atoms with Crippen LogP contribution in [0.4, 0.5) is 0 Å². The molecule has 1 rings (SSSR count). The van der Waals surface area contributed by atoms with E-state index in [0.717, 1.165) is 6.54 Å². The molecule has 4 heteroatoms. The number of nitrogens with one attached hydrogen (secondary N) is 2. The molecule has 0 heterocycles. The van der Waals surface area contributed by atoms with Crippen LogP contribution >= 0.6 is 0 Å². The Balaban J connectivity index is 1.97. The Kier molecular flexibility index (Phi) is 4.04. The SMILES string of the molecule is NNC(=O)CCNC1CCCC1. The Labute approximate surface area is 72.9 Å². The van der Waals surface area contributed by atoms with Gasteiger partial charge in [0.2, 0.25) is 5.91 Å². The van der Waals surface area contributed by atoms with Crippen molar-refractivity contribution < 1.29 is 4.79 Å². The largest absolute Gasteiger partial charge is 0.313 e. The summed E-state index contributed by atoms with van der Waals surface area (Å²) in [5.74, 6) is 4.84. The molecule has 0 spiro atoms. The van der Waals surface area contributed by atoms with Gasteiger partial charge in [0.15, 0.2) is 0 Å². The third-order valence-electron chi connectivity index (χ3n) is 2.30. The molecule has 1 aliphatic carbocycles. The van der Waals surface area contributed by atoms with Crippen LogP contribution in [0, 0.1) is 0 Å². The molecule has 0 aromatic rings. The lowest BCUT2D eigenvalue weighted by Gasteiger charge is -2.10. The number of hydrazine groups is 1. The van der Waals surface area contributed by atoms with E-state index in [9.17, 15) is 4.79 Å². The molecule has 0 bridgehead atoms. The predicted molar refractivity (Wildman–Crippen MR) is 47.2 cm³/mol. The van der Waals surface area contributed by atoms with Crippen molar-refractivity contribution >= 4 is 5.91 Å². The van der Waals surface area contributed by atoms with Crippen LogP contribution in [0.1, 0.15) is 32.1 Å². The van der Waals surface area contributed by atoms with Crippen LogP contribution in [0.2, 0.25) is 0 Å². The van der Waals surface area contributed by atoms with Crippen LogP contribution < -0.4 is 16.6 Å². The Morgan fingerprint density at radius 3 is 2.67 bits per heavy atom. The van der Waals surface area contributed by atoms with Gasteiger partial charge in [-0.05, 0) is 12.8 Å². The highest BCUT2D eigenvalue weighted by Crippen LogP contribution is 2.17. The van der Waals surface area contributed by atoms with Gasteiger partial charge in [0.05, 0.1) is 0 Å². The Morgan fingerprint density at radius 1 is 1.42 bits per heavy atom. The fourth-order valence-electron chi connectivity index (χ4n) is 1.59. The van der Waals surface area contributed by atoms with Crippen molar-refractivity contribution in [3.05, 3.63) is 0 Å². The zero-order valence-corrected chi connectivity index (χ0v) is 7.31. The van der Waals surface area contributed by atoms with E-state index < -0.39 is 0 Å². The highest BCUT2D eigenvalue weighted by Gasteiger charge is 2.13. The number of rotatable bonds is 4. The van der Waals surface area contributed by atoms with E-state index in [1.807, 2.05) is 0 Å². The number of hydrogen-bond acceptors (Lipinski definition) is 3. The first-order chi connectivity index (χ1) is 5.83. The summed E-state index contributed by atoms with van der Waals surface area (Å²) in [6.45, 7) is 0.744. The monoisotopic (exact) mass is 171 g/mol. The maximum Gasteiger partial charge on any atom is 0.235 e. The average molecular weight is 171 g/mol.